The molecule has 7 heteroatoms. The van der Waals surface area contributed by atoms with Crippen LogP contribution in [0.5, 0.6) is 0 Å². The smallest absolute Gasteiger partial charge is 0.170 e. The minimum atomic E-state index is -0.371. The summed E-state index contributed by atoms with van der Waals surface area (Å²) in [4.78, 5) is 23.6. The lowest BCUT2D eigenvalue weighted by atomic mass is 9.99. The van der Waals surface area contributed by atoms with E-state index in [0.29, 0.717) is 12.2 Å². The number of ketones is 1. The van der Waals surface area contributed by atoms with E-state index in [1.807, 2.05) is 12.3 Å². The van der Waals surface area contributed by atoms with Gasteiger partial charge in [-0.1, -0.05) is 5.16 Å². The summed E-state index contributed by atoms with van der Waals surface area (Å²) in [5, 5.41) is 6.16. The number of hydrogen-bond donors (Lipinski definition) is 0. The molecule has 0 saturated heterocycles. The first-order chi connectivity index (χ1) is 12.0. The first-order valence-electron chi connectivity index (χ1n) is 8.00. The third-order valence-corrected chi connectivity index (χ3v) is 6.29. The van der Waals surface area contributed by atoms with Crippen LogP contribution in [-0.4, -0.2) is 21.6 Å². The lowest BCUT2D eigenvalue weighted by Crippen LogP contribution is -2.08. The molecule has 0 radical (unpaired) electrons. The molecular weight excluding hydrogens is 354 g/mol. The largest absolute Gasteiger partial charge is 0.358 e. The fourth-order valence-corrected chi connectivity index (χ4v) is 4.99. The highest BCUT2D eigenvalue weighted by Gasteiger charge is 2.34. The zero-order valence-corrected chi connectivity index (χ0v) is 16.0. The molecule has 4 rings (SSSR count). The summed E-state index contributed by atoms with van der Waals surface area (Å²) in [6.07, 6.45) is 0.294. The van der Waals surface area contributed by atoms with Gasteiger partial charge in [-0.2, -0.15) is 0 Å². The number of fused-ring (bicyclic) bond motifs is 3. The molecule has 5 nitrogen and oxygen atoms in total. The molecule has 25 heavy (non-hydrogen) atoms. The fraction of sp³-hybridized carbons (Fsp3) is 0.333. The number of Topliss-reactive ketones (excluding diaryl/α,β-unsaturated/α-hetero) is 1. The molecule has 128 valence electrons. The normalized spacial score (nSPS) is 16.2. The van der Waals surface area contributed by atoms with Gasteiger partial charge in [-0.05, 0) is 33.3 Å². The second-order valence-electron chi connectivity index (χ2n) is 6.27. The van der Waals surface area contributed by atoms with Crippen LogP contribution in [0.3, 0.4) is 0 Å². The molecule has 1 aliphatic rings. The molecule has 0 fully saturated rings. The summed E-state index contributed by atoms with van der Waals surface area (Å²) in [6.45, 7) is 7.75. The third kappa shape index (κ3) is 2.58. The molecule has 0 bridgehead atoms. The Labute approximate surface area is 153 Å². The summed E-state index contributed by atoms with van der Waals surface area (Å²) in [5.74, 6) is 0.755. The second kappa shape index (κ2) is 6.00. The Hall–Kier alpha value is -2.12. The van der Waals surface area contributed by atoms with E-state index in [4.69, 9.17) is 9.52 Å². The van der Waals surface area contributed by atoms with Crippen LogP contribution < -0.4 is 0 Å². The van der Waals surface area contributed by atoms with Gasteiger partial charge in [-0.3, -0.25) is 9.79 Å². The van der Waals surface area contributed by atoms with E-state index < -0.39 is 0 Å². The number of thiazole rings is 1. The van der Waals surface area contributed by atoms with Gasteiger partial charge in [0.2, 0.25) is 0 Å². The van der Waals surface area contributed by atoms with Crippen molar-refractivity contribution in [3.05, 3.63) is 44.0 Å². The van der Waals surface area contributed by atoms with Crippen LogP contribution in [0.15, 0.2) is 20.4 Å². The number of nitrogens with zero attached hydrogens (tertiary/aromatic N) is 3. The maximum absolute atomic E-state index is 11.8. The van der Waals surface area contributed by atoms with E-state index in [0.717, 1.165) is 33.1 Å². The number of carbonyl (C=O) groups is 1. The fourth-order valence-electron chi connectivity index (χ4n) is 3.19. The van der Waals surface area contributed by atoms with Crippen LogP contribution in [0.4, 0.5) is 0 Å². The molecule has 0 amide bonds. The zero-order chi connectivity index (χ0) is 17.7. The van der Waals surface area contributed by atoms with Gasteiger partial charge in [0, 0.05) is 27.1 Å². The predicted octanol–water partition coefficient (Wildman–Crippen LogP) is 4.66. The molecular formula is C18H17N3O2S2. The summed E-state index contributed by atoms with van der Waals surface area (Å²) in [6, 6.07) is -0.371. The van der Waals surface area contributed by atoms with Crippen molar-refractivity contribution < 1.29 is 9.32 Å². The molecule has 1 atom stereocenters. The zero-order valence-electron chi connectivity index (χ0n) is 14.4. The summed E-state index contributed by atoms with van der Waals surface area (Å²) in [7, 11) is 0. The Balaban J connectivity index is 2.05. The van der Waals surface area contributed by atoms with Crippen molar-refractivity contribution in [2.45, 2.75) is 40.2 Å². The van der Waals surface area contributed by atoms with Gasteiger partial charge in [-0.25, -0.2) is 4.98 Å². The Bertz CT molecular complexity index is 996. The number of rotatable bonds is 3. The maximum atomic E-state index is 11.8. The SMILES string of the molecule is CC(=O)C[C@@H]1N=C(c2cscn2)c2c(sc(C)c2C)-c2c(C)noc21. The van der Waals surface area contributed by atoms with Crippen LogP contribution >= 0.6 is 22.7 Å². The molecule has 1 aliphatic heterocycles. The molecule has 3 aromatic rings. The number of aliphatic imine (C=N–C) groups is 1. The Morgan fingerprint density at radius 2 is 2.08 bits per heavy atom. The van der Waals surface area contributed by atoms with Crippen molar-refractivity contribution in [1.82, 2.24) is 10.1 Å². The molecule has 4 heterocycles. The van der Waals surface area contributed by atoms with Crippen molar-refractivity contribution in [2.75, 3.05) is 0 Å². The van der Waals surface area contributed by atoms with E-state index in [2.05, 4.69) is 24.0 Å². The molecule has 0 spiro atoms. The van der Waals surface area contributed by atoms with Crippen molar-refractivity contribution in [1.29, 1.82) is 0 Å². The number of carbonyl (C=O) groups excluding carboxylic acids is 1. The topological polar surface area (TPSA) is 68.3 Å². The first kappa shape index (κ1) is 16.4. The van der Waals surface area contributed by atoms with E-state index in [9.17, 15) is 4.79 Å². The molecule has 0 aromatic carbocycles. The average Bonchev–Trinajstić information content (AvgIpc) is 3.24. The molecule has 0 saturated carbocycles. The molecule has 0 N–H and O–H groups in total. The van der Waals surface area contributed by atoms with E-state index in [1.165, 1.54) is 10.4 Å². The van der Waals surface area contributed by atoms with E-state index in [1.54, 1.807) is 35.1 Å². The molecule has 0 aliphatic carbocycles. The summed E-state index contributed by atoms with van der Waals surface area (Å²) >= 11 is 3.26. The van der Waals surface area contributed by atoms with Gasteiger partial charge in [-0.15, -0.1) is 22.7 Å². The maximum Gasteiger partial charge on any atom is 0.170 e. The van der Waals surface area contributed by atoms with Crippen LogP contribution in [0, 0.1) is 20.8 Å². The Morgan fingerprint density at radius 3 is 2.76 bits per heavy atom. The minimum absolute atomic E-state index is 0.0736. The Kier molecular flexibility index (Phi) is 3.92. The highest BCUT2D eigenvalue weighted by atomic mass is 32.1. The highest BCUT2D eigenvalue weighted by Crippen LogP contribution is 2.46. The predicted molar refractivity (Wildman–Crippen MR) is 99.8 cm³/mol. The minimum Gasteiger partial charge on any atom is -0.358 e. The number of thiophene rings is 1. The average molecular weight is 371 g/mol. The quantitative estimate of drug-likeness (QED) is 0.672. The highest BCUT2D eigenvalue weighted by molar-refractivity contribution is 7.16. The second-order valence-corrected chi connectivity index (χ2v) is 8.21. The molecule has 3 aromatic heterocycles. The molecule has 0 unspecified atom stereocenters. The van der Waals surface area contributed by atoms with Crippen LogP contribution in [0.2, 0.25) is 0 Å². The van der Waals surface area contributed by atoms with Gasteiger partial charge in [0.15, 0.2) is 5.76 Å². The van der Waals surface area contributed by atoms with Crippen LogP contribution in [0.1, 0.15) is 52.5 Å². The standard InChI is InChI=1S/C18H17N3O2S2/c1-8(22)5-12-17-15(10(3)21-23-17)18-14(9(2)11(4)25-18)16(20-12)13-6-24-7-19-13/h6-7,12H,5H2,1-4H3/t12-/m0/s1. The van der Waals surface area contributed by atoms with Crippen molar-refractivity contribution in [2.24, 2.45) is 4.99 Å². The van der Waals surface area contributed by atoms with Crippen molar-refractivity contribution in [3.8, 4) is 10.4 Å². The number of aryl methyl sites for hydroxylation is 2. The van der Waals surface area contributed by atoms with Gasteiger partial charge >= 0.3 is 0 Å². The van der Waals surface area contributed by atoms with Crippen molar-refractivity contribution in [3.63, 3.8) is 0 Å². The summed E-state index contributed by atoms with van der Waals surface area (Å²) < 4.78 is 5.63. The van der Waals surface area contributed by atoms with Crippen LogP contribution in [0.25, 0.3) is 10.4 Å². The lowest BCUT2D eigenvalue weighted by Gasteiger charge is -2.09. The first-order valence-corrected chi connectivity index (χ1v) is 9.76. The van der Waals surface area contributed by atoms with Crippen molar-refractivity contribution >= 4 is 34.2 Å². The monoisotopic (exact) mass is 371 g/mol. The van der Waals surface area contributed by atoms with Gasteiger partial charge < -0.3 is 4.52 Å². The van der Waals surface area contributed by atoms with E-state index >= 15 is 0 Å². The van der Waals surface area contributed by atoms with Crippen LogP contribution in [-0.2, 0) is 4.79 Å². The van der Waals surface area contributed by atoms with Gasteiger partial charge in [0.1, 0.15) is 11.8 Å². The number of hydrogen-bond acceptors (Lipinski definition) is 7. The number of aromatic nitrogens is 2. The summed E-state index contributed by atoms with van der Waals surface area (Å²) in [5.41, 5.74) is 7.60. The van der Waals surface area contributed by atoms with E-state index in [-0.39, 0.29) is 11.8 Å². The Morgan fingerprint density at radius 1 is 1.28 bits per heavy atom. The van der Waals surface area contributed by atoms with Gasteiger partial charge in [0.05, 0.1) is 28.2 Å². The lowest BCUT2D eigenvalue weighted by molar-refractivity contribution is -0.117. The third-order valence-electron chi connectivity index (χ3n) is 4.48. The van der Waals surface area contributed by atoms with Gasteiger partial charge in [0.25, 0.3) is 0 Å².